The molecule has 1 aliphatic rings. The minimum Gasteiger partial charge on any atom is -0.508 e. The standard InChI is InChI=1S/C16H23NO4S/c1-17(13-7-5-9-15(13)22(2,20)21)16(19)11-10-12-6-3-4-8-14(12)18/h3-4,6,8,13,15,18H,5,7,9-11H2,1-2H3/t13-,15-/m1/s1. The number of carbonyl (C=O) groups excluding carboxylic acids is 1. The summed E-state index contributed by atoms with van der Waals surface area (Å²) in [5.41, 5.74) is 0.732. The lowest BCUT2D eigenvalue weighted by Gasteiger charge is -2.29. The van der Waals surface area contributed by atoms with Gasteiger partial charge in [0.05, 0.1) is 5.25 Å². The second kappa shape index (κ2) is 6.69. The number of sulfone groups is 1. The van der Waals surface area contributed by atoms with Crippen molar-refractivity contribution in [3.05, 3.63) is 29.8 Å². The SMILES string of the molecule is CN(C(=O)CCc1ccccc1O)[C@@H]1CCC[C@H]1S(C)(=O)=O. The first-order valence-corrected chi connectivity index (χ1v) is 9.47. The van der Waals surface area contributed by atoms with Crippen molar-refractivity contribution in [2.75, 3.05) is 13.3 Å². The monoisotopic (exact) mass is 325 g/mol. The maximum Gasteiger partial charge on any atom is 0.222 e. The van der Waals surface area contributed by atoms with Crippen LogP contribution in [0.1, 0.15) is 31.2 Å². The van der Waals surface area contributed by atoms with Crippen LogP contribution in [-0.4, -0.2) is 48.9 Å². The van der Waals surface area contributed by atoms with Gasteiger partial charge in [-0.05, 0) is 37.3 Å². The summed E-state index contributed by atoms with van der Waals surface area (Å²) in [5.74, 6) is 0.108. The van der Waals surface area contributed by atoms with Crippen LogP contribution in [0.5, 0.6) is 5.75 Å². The topological polar surface area (TPSA) is 74.7 Å². The Labute approximate surface area is 131 Å². The van der Waals surface area contributed by atoms with Gasteiger partial charge in [0.25, 0.3) is 0 Å². The van der Waals surface area contributed by atoms with Gasteiger partial charge in [-0.25, -0.2) is 8.42 Å². The van der Waals surface area contributed by atoms with E-state index in [0.29, 0.717) is 12.8 Å². The number of hydrogen-bond acceptors (Lipinski definition) is 4. The fourth-order valence-electron chi connectivity index (χ4n) is 3.17. The quantitative estimate of drug-likeness (QED) is 0.895. The van der Waals surface area contributed by atoms with Gasteiger partial charge in [0.15, 0.2) is 9.84 Å². The smallest absolute Gasteiger partial charge is 0.222 e. The number of hydrogen-bond donors (Lipinski definition) is 1. The van der Waals surface area contributed by atoms with Gasteiger partial charge >= 0.3 is 0 Å². The Hall–Kier alpha value is -1.56. The highest BCUT2D eigenvalue weighted by Crippen LogP contribution is 2.29. The van der Waals surface area contributed by atoms with E-state index in [-0.39, 0.29) is 24.1 Å². The van der Waals surface area contributed by atoms with Crippen LogP contribution in [0.3, 0.4) is 0 Å². The van der Waals surface area contributed by atoms with E-state index in [1.54, 1.807) is 30.1 Å². The third kappa shape index (κ3) is 3.80. The molecule has 0 spiro atoms. The number of carbonyl (C=O) groups is 1. The van der Waals surface area contributed by atoms with E-state index in [4.69, 9.17) is 0 Å². The zero-order valence-electron chi connectivity index (χ0n) is 13.0. The fourth-order valence-corrected chi connectivity index (χ4v) is 4.66. The molecular weight excluding hydrogens is 302 g/mol. The van der Waals surface area contributed by atoms with E-state index >= 15 is 0 Å². The predicted octanol–water partition coefficient (Wildman–Crippen LogP) is 1.75. The van der Waals surface area contributed by atoms with Crippen molar-refractivity contribution in [2.24, 2.45) is 0 Å². The van der Waals surface area contributed by atoms with Crippen molar-refractivity contribution < 1.29 is 18.3 Å². The third-order valence-electron chi connectivity index (χ3n) is 4.46. The van der Waals surface area contributed by atoms with Gasteiger partial charge < -0.3 is 10.0 Å². The Morgan fingerprint density at radius 3 is 2.64 bits per heavy atom. The molecule has 0 saturated heterocycles. The summed E-state index contributed by atoms with van der Waals surface area (Å²) in [6.45, 7) is 0. The molecule has 0 radical (unpaired) electrons. The molecule has 2 rings (SSSR count). The van der Waals surface area contributed by atoms with Gasteiger partial charge in [-0.15, -0.1) is 0 Å². The van der Waals surface area contributed by atoms with E-state index in [1.807, 2.05) is 6.07 Å². The summed E-state index contributed by atoms with van der Waals surface area (Å²) in [5, 5.41) is 9.27. The lowest BCUT2D eigenvalue weighted by atomic mass is 10.1. The number of aryl methyl sites for hydroxylation is 1. The van der Waals surface area contributed by atoms with Crippen LogP contribution < -0.4 is 0 Å². The van der Waals surface area contributed by atoms with Crippen LogP contribution >= 0.6 is 0 Å². The summed E-state index contributed by atoms with van der Waals surface area (Å²) in [7, 11) is -1.46. The molecule has 1 N–H and O–H groups in total. The first kappa shape index (κ1) is 16.8. The van der Waals surface area contributed by atoms with E-state index < -0.39 is 15.1 Å². The maximum absolute atomic E-state index is 12.3. The van der Waals surface area contributed by atoms with Gasteiger partial charge in [0, 0.05) is 25.8 Å². The molecule has 122 valence electrons. The number of aromatic hydroxyl groups is 1. The van der Waals surface area contributed by atoms with Crippen LogP contribution in [0.15, 0.2) is 24.3 Å². The molecule has 2 atom stereocenters. The molecule has 1 aromatic rings. The third-order valence-corrected chi connectivity index (χ3v) is 6.11. The summed E-state index contributed by atoms with van der Waals surface area (Å²) in [6.07, 6.45) is 4.15. The Bertz CT molecular complexity index is 641. The lowest BCUT2D eigenvalue weighted by molar-refractivity contribution is -0.131. The summed E-state index contributed by atoms with van der Waals surface area (Å²) in [4.78, 5) is 13.9. The molecule has 1 aliphatic carbocycles. The van der Waals surface area contributed by atoms with Crippen LogP contribution in [0.25, 0.3) is 0 Å². The average molecular weight is 325 g/mol. The van der Waals surface area contributed by atoms with E-state index in [1.165, 1.54) is 6.26 Å². The van der Waals surface area contributed by atoms with Crippen LogP contribution in [0, 0.1) is 0 Å². The molecule has 1 aromatic carbocycles. The van der Waals surface area contributed by atoms with Gasteiger partial charge in [0.1, 0.15) is 5.75 Å². The normalized spacial score (nSPS) is 21.7. The Balaban J connectivity index is 1.99. The second-order valence-corrected chi connectivity index (χ2v) is 8.26. The van der Waals surface area contributed by atoms with Crippen molar-refractivity contribution in [3.8, 4) is 5.75 Å². The number of amides is 1. The molecule has 0 aromatic heterocycles. The minimum atomic E-state index is -3.14. The van der Waals surface area contributed by atoms with Crippen LogP contribution in [0.4, 0.5) is 0 Å². The van der Waals surface area contributed by atoms with Crippen molar-refractivity contribution in [1.82, 2.24) is 4.90 Å². The number of benzene rings is 1. The zero-order valence-corrected chi connectivity index (χ0v) is 13.8. The van der Waals surface area contributed by atoms with Crippen molar-refractivity contribution >= 4 is 15.7 Å². The van der Waals surface area contributed by atoms with Crippen molar-refractivity contribution in [3.63, 3.8) is 0 Å². The summed E-state index contributed by atoms with van der Waals surface area (Å²) < 4.78 is 23.6. The molecule has 0 heterocycles. The molecule has 5 nitrogen and oxygen atoms in total. The summed E-state index contributed by atoms with van der Waals surface area (Å²) in [6, 6.07) is 6.71. The Morgan fingerprint density at radius 1 is 1.32 bits per heavy atom. The van der Waals surface area contributed by atoms with E-state index in [0.717, 1.165) is 18.4 Å². The maximum atomic E-state index is 12.3. The largest absolute Gasteiger partial charge is 0.508 e. The van der Waals surface area contributed by atoms with E-state index in [2.05, 4.69) is 0 Å². The van der Waals surface area contributed by atoms with Gasteiger partial charge in [-0.3, -0.25) is 4.79 Å². The van der Waals surface area contributed by atoms with Crippen LogP contribution in [0.2, 0.25) is 0 Å². The molecule has 6 heteroatoms. The fraction of sp³-hybridized carbons (Fsp3) is 0.562. The van der Waals surface area contributed by atoms with E-state index in [9.17, 15) is 18.3 Å². The average Bonchev–Trinajstić information content (AvgIpc) is 2.94. The highest BCUT2D eigenvalue weighted by molar-refractivity contribution is 7.91. The van der Waals surface area contributed by atoms with Gasteiger partial charge in [0.2, 0.25) is 5.91 Å². The molecule has 1 saturated carbocycles. The first-order chi connectivity index (χ1) is 10.3. The van der Waals surface area contributed by atoms with Crippen molar-refractivity contribution in [2.45, 2.75) is 43.4 Å². The lowest BCUT2D eigenvalue weighted by Crippen LogP contribution is -2.44. The van der Waals surface area contributed by atoms with Crippen LogP contribution in [-0.2, 0) is 21.1 Å². The molecule has 1 amide bonds. The molecule has 0 aliphatic heterocycles. The summed E-state index contributed by atoms with van der Waals surface area (Å²) >= 11 is 0. The van der Waals surface area contributed by atoms with Gasteiger partial charge in [-0.1, -0.05) is 18.2 Å². The minimum absolute atomic E-state index is 0.0798. The van der Waals surface area contributed by atoms with Gasteiger partial charge in [-0.2, -0.15) is 0 Å². The number of phenolic OH excluding ortho intramolecular Hbond substituents is 1. The predicted molar refractivity (Wildman–Crippen MR) is 85.5 cm³/mol. The number of para-hydroxylation sites is 1. The Kier molecular flexibility index (Phi) is 5.11. The Morgan fingerprint density at radius 2 is 2.00 bits per heavy atom. The number of rotatable bonds is 5. The molecular formula is C16H23NO4S. The molecule has 22 heavy (non-hydrogen) atoms. The molecule has 1 fully saturated rings. The second-order valence-electron chi connectivity index (χ2n) is 6.00. The number of phenols is 1. The number of nitrogens with zero attached hydrogens (tertiary/aromatic N) is 1. The molecule has 0 unspecified atom stereocenters. The highest BCUT2D eigenvalue weighted by atomic mass is 32.2. The zero-order chi connectivity index (χ0) is 16.3. The van der Waals surface area contributed by atoms with Crippen molar-refractivity contribution in [1.29, 1.82) is 0 Å². The first-order valence-electron chi connectivity index (χ1n) is 7.52. The molecule has 0 bridgehead atoms. The highest BCUT2D eigenvalue weighted by Gasteiger charge is 2.38.